The number of hydrogen-bond donors (Lipinski definition) is 1. The van der Waals surface area contributed by atoms with Crippen molar-refractivity contribution in [1.29, 1.82) is 0 Å². The van der Waals surface area contributed by atoms with Crippen LogP contribution < -0.4 is 10.1 Å². The summed E-state index contributed by atoms with van der Waals surface area (Å²) in [7, 11) is 2.34. The van der Waals surface area contributed by atoms with Gasteiger partial charge in [0, 0.05) is 14.5 Å². The number of nitrogens with zero attached hydrogens (tertiary/aromatic N) is 1. The molecule has 0 bridgehead atoms. The second-order valence-corrected chi connectivity index (χ2v) is 11.6. The molecule has 39 heavy (non-hydrogen) atoms. The first-order chi connectivity index (χ1) is 19.0. The van der Waals surface area contributed by atoms with Crippen LogP contribution in [-0.2, 0) is 33.8 Å². The van der Waals surface area contributed by atoms with Gasteiger partial charge in [0.1, 0.15) is 15.8 Å². The Hall–Kier alpha value is -1.81. The Balaban J connectivity index is 0.00000205. The molecule has 5 nitrogen and oxygen atoms in total. The molecular formula is C30H30ClIN2O3RuS. The van der Waals surface area contributed by atoms with E-state index in [1.807, 2.05) is 90.1 Å². The van der Waals surface area contributed by atoms with Crippen LogP contribution in [0.4, 0.5) is 0 Å². The maximum absolute atomic E-state index is 13.4. The fraction of sp³-hybridized carbons (Fsp3) is 0.200. The summed E-state index contributed by atoms with van der Waals surface area (Å²) in [4.78, 5) is 0.195. The van der Waals surface area contributed by atoms with Crippen LogP contribution in [-0.4, -0.2) is 22.1 Å². The van der Waals surface area contributed by atoms with E-state index in [1.54, 1.807) is 31.4 Å². The van der Waals surface area contributed by atoms with Crippen molar-refractivity contribution < 1.29 is 30.5 Å². The van der Waals surface area contributed by atoms with Crippen LogP contribution in [0.3, 0.4) is 0 Å². The van der Waals surface area contributed by atoms with Gasteiger partial charge in [0.25, 0.3) is 0 Å². The molecule has 0 aliphatic carbocycles. The standard InChI is InChI=1S/C30H30IN2O3S.ClH.Ru/c1-36-27-18-14-23(15-19-27)9-8-22-32-29(24-10-4-2-5-11-24)30(25-12-6-3-7-13-25)33-37(34,35)28-20-16-26(31)17-21-28;;/h2-7,10-21,29-30,32H,8-9,22H2,1H3;1H;/q-1;;+2/p-1/t29-,30+;;/m0../s1. The van der Waals surface area contributed by atoms with Crippen molar-refractivity contribution in [3.05, 3.63) is 134 Å². The van der Waals surface area contributed by atoms with Gasteiger partial charge in [-0.25, -0.2) is 8.42 Å². The molecule has 0 spiro atoms. The van der Waals surface area contributed by atoms with Crippen molar-refractivity contribution in [2.75, 3.05) is 13.7 Å². The molecule has 0 aliphatic rings. The molecule has 0 aliphatic heterocycles. The zero-order valence-electron chi connectivity index (χ0n) is 21.4. The predicted molar refractivity (Wildman–Crippen MR) is 163 cm³/mol. The van der Waals surface area contributed by atoms with Crippen molar-refractivity contribution in [2.24, 2.45) is 0 Å². The first-order valence-electron chi connectivity index (χ1n) is 12.3. The summed E-state index contributed by atoms with van der Waals surface area (Å²) < 4.78 is 37.6. The summed E-state index contributed by atoms with van der Waals surface area (Å²) in [6, 6.07) is 33.5. The van der Waals surface area contributed by atoms with Gasteiger partial charge >= 0.3 is 27.0 Å². The van der Waals surface area contributed by atoms with Crippen LogP contribution in [0.25, 0.3) is 4.72 Å². The van der Waals surface area contributed by atoms with E-state index in [0.29, 0.717) is 6.54 Å². The van der Waals surface area contributed by atoms with Gasteiger partial charge in [0.05, 0.1) is 7.11 Å². The van der Waals surface area contributed by atoms with Gasteiger partial charge in [-0.2, -0.15) is 0 Å². The summed E-state index contributed by atoms with van der Waals surface area (Å²) >= 11 is 3.98. The average molecular weight is 762 g/mol. The Morgan fingerprint density at radius 3 is 1.97 bits per heavy atom. The van der Waals surface area contributed by atoms with Gasteiger partial charge in [-0.15, -0.1) is 0 Å². The second kappa shape index (κ2) is 16.5. The van der Waals surface area contributed by atoms with Crippen LogP contribution in [0.2, 0.25) is 0 Å². The molecule has 0 saturated heterocycles. The van der Waals surface area contributed by atoms with Crippen LogP contribution >= 0.6 is 32.3 Å². The first kappa shape index (κ1) is 31.7. The van der Waals surface area contributed by atoms with Crippen molar-refractivity contribution in [2.45, 2.75) is 29.8 Å². The third-order valence-corrected chi connectivity index (χ3v) is 8.24. The number of ether oxygens (including phenoxy) is 1. The molecule has 2 atom stereocenters. The molecule has 0 unspecified atom stereocenters. The summed E-state index contributed by atoms with van der Waals surface area (Å²) in [5.41, 5.74) is 3.06. The molecule has 4 aromatic carbocycles. The number of benzene rings is 4. The predicted octanol–water partition coefficient (Wildman–Crippen LogP) is 7.75. The van der Waals surface area contributed by atoms with E-state index in [0.717, 1.165) is 33.3 Å². The third-order valence-electron chi connectivity index (χ3n) is 6.14. The zero-order valence-corrected chi connectivity index (χ0v) is 26.8. The van der Waals surface area contributed by atoms with E-state index in [-0.39, 0.29) is 10.9 Å². The number of halogens is 2. The van der Waals surface area contributed by atoms with E-state index in [1.165, 1.54) is 5.56 Å². The Labute approximate surface area is 259 Å². The number of methoxy groups -OCH3 is 1. The fourth-order valence-corrected chi connectivity index (χ4v) is 5.70. The molecule has 0 saturated carbocycles. The second-order valence-electron chi connectivity index (χ2n) is 8.68. The average Bonchev–Trinajstić information content (AvgIpc) is 2.99. The summed E-state index contributed by atoms with van der Waals surface area (Å²) in [6.45, 7) is 0.702. The molecule has 9 heteroatoms. The molecule has 4 aromatic rings. The fourth-order valence-electron chi connectivity index (χ4n) is 4.20. The molecule has 0 aromatic heterocycles. The molecule has 0 heterocycles. The van der Waals surface area contributed by atoms with Gasteiger partial charge in [-0.3, -0.25) is 0 Å². The van der Waals surface area contributed by atoms with Crippen molar-refractivity contribution in [3.8, 4) is 5.75 Å². The van der Waals surface area contributed by atoms with Gasteiger partial charge in [-0.05, 0) is 89.5 Å². The van der Waals surface area contributed by atoms with Gasteiger partial charge in [0.2, 0.25) is 0 Å². The SMILES string of the molecule is COc1ccc(CCCN[C@@H](c2ccccc2)[C@H]([N-]S(=O)(=O)c2ccc(I)cc2)c2ccccc2)cc1.[Cl][Ru+]. The minimum atomic E-state index is -3.89. The van der Waals surface area contributed by atoms with Crippen molar-refractivity contribution in [1.82, 2.24) is 5.32 Å². The number of nitrogens with one attached hydrogen (secondary N) is 1. The van der Waals surface area contributed by atoms with E-state index in [9.17, 15) is 8.42 Å². The third kappa shape index (κ3) is 9.66. The number of hydrogen-bond acceptors (Lipinski definition) is 4. The quantitative estimate of drug-likeness (QED) is 0.0912. The minimum absolute atomic E-state index is 0.195. The van der Waals surface area contributed by atoms with Gasteiger partial charge in [0.15, 0.2) is 0 Å². The summed E-state index contributed by atoms with van der Waals surface area (Å²) in [5, 5.41) is 3.63. The zero-order chi connectivity index (χ0) is 28.1. The number of rotatable bonds is 12. The van der Waals surface area contributed by atoms with E-state index in [4.69, 9.17) is 4.74 Å². The molecular weight excluding hydrogens is 732 g/mol. The Morgan fingerprint density at radius 2 is 1.41 bits per heavy atom. The Kier molecular flexibility index (Phi) is 13.4. The first-order valence-corrected chi connectivity index (χ1v) is 17.0. The van der Waals surface area contributed by atoms with E-state index >= 15 is 0 Å². The van der Waals surface area contributed by atoms with E-state index in [2.05, 4.69) is 54.5 Å². The van der Waals surface area contributed by atoms with Crippen LogP contribution in [0.1, 0.15) is 35.2 Å². The van der Waals surface area contributed by atoms with Crippen LogP contribution in [0.15, 0.2) is 114 Å². The topological polar surface area (TPSA) is 69.5 Å². The summed E-state index contributed by atoms with van der Waals surface area (Å²) in [5.74, 6) is 0.840. The number of sulfonamides is 1. The maximum atomic E-state index is 13.4. The van der Waals surface area contributed by atoms with Crippen LogP contribution in [0, 0.1) is 3.57 Å². The normalized spacial score (nSPS) is 12.6. The molecule has 0 amide bonds. The number of aryl methyl sites for hydroxylation is 1. The van der Waals surface area contributed by atoms with Gasteiger partial charge in [-0.1, -0.05) is 84.4 Å². The van der Waals surface area contributed by atoms with Crippen molar-refractivity contribution in [3.63, 3.8) is 0 Å². The Bertz CT molecular complexity index is 1360. The molecule has 4 rings (SSSR count). The Morgan fingerprint density at radius 1 is 0.846 bits per heavy atom. The molecule has 206 valence electrons. The van der Waals surface area contributed by atoms with E-state index < -0.39 is 16.1 Å². The monoisotopic (exact) mass is 762 g/mol. The molecule has 0 fully saturated rings. The molecule has 1 N–H and O–H groups in total. The van der Waals surface area contributed by atoms with Gasteiger partial charge < -0.3 is 14.8 Å². The molecule has 0 radical (unpaired) electrons. The summed E-state index contributed by atoms with van der Waals surface area (Å²) in [6.07, 6.45) is 1.79. The van der Waals surface area contributed by atoms with Crippen molar-refractivity contribution >= 4 is 42.3 Å². The van der Waals surface area contributed by atoms with Crippen LogP contribution in [0.5, 0.6) is 5.75 Å².